The molecule has 3 N–H and O–H groups in total. The second-order valence-electron chi connectivity index (χ2n) is 3.49. The highest BCUT2D eigenvalue weighted by molar-refractivity contribution is 7.93. The Hall–Kier alpha value is -0.130. The average molecular weight is 193 g/mol. The molecule has 1 saturated heterocycles. The van der Waals surface area contributed by atoms with E-state index in [0.717, 1.165) is 0 Å². The smallest absolute Gasteiger partial charge is 0.158 e. The molecule has 1 rings (SSSR count). The number of hydrogen-bond donors (Lipinski definition) is 2. The van der Waals surface area contributed by atoms with Crippen LogP contribution in [0.2, 0.25) is 0 Å². The fourth-order valence-electron chi connectivity index (χ4n) is 1.63. The van der Waals surface area contributed by atoms with Gasteiger partial charge in [0.1, 0.15) is 0 Å². The quantitative estimate of drug-likeness (QED) is 0.606. The average Bonchev–Trinajstić information content (AvgIpc) is 2.26. The zero-order valence-electron chi connectivity index (χ0n) is 7.16. The molecule has 0 saturated carbocycles. The molecule has 1 heterocycles. The molecule has 0 aromatic rings. The lowest BCUT2D eigenvalue weighted by Crippen LogP contribution is -2.47. The Morgan fingerprint density at radius 3 is 2.58 bits per heavy atom. The molecule has 0 radical (unpaired) electrons. The van der Waals surface area contributed by atoms with E-state index in [0.29, 0.717) is 12.8 Å². The van der Waals surface area contributed by atoms with Crippen molar-refractivity contribution in [3.8, 4) is 0 Å². The summed E-state index contributed by atoms with van der Waals surface area (Å²) in [6.07, 6.45) is 0.230. The molecule has 72 valence electrons. The summed E-state index contributed by atoms with van der Waals surface area (Å²) in [6, 6.07) is 0. The van der Waals surface area contributed by atoms with Crippen LogP contribution in [0.15, 0.2) is 0 Å². The largest absolute Gasteiger partial charge is 0.390 e. The van der Waals surface area contributed by atoms with Crippen molar-refractivity contribution in [2.45, 2.75) is 30.6 Å². The van der Waals surface area contributed by atoms with Crippen molar-refractivity contribution in [2.24, 2.45) is 5.73 Å². The molecule has 5 heteroatoms. The van der Waals surface area contributed by atoms with Crippen LogP contribution in [0.1, 0.15) is 19.8 Å². The monoisotopic (exact) mass is 193 g/mol. The van der Waals surface area contributed by atoms with Crippen molar-refractivity contribution >= 4 is 9.84 Å². The second-order valence-corrected chi connectivity index (χ2v) is 6.06. The maximum absolute atomic E-state index is 11.5. The van der Waals surface area contributed by atoms with E-state index in [4.69, 9.17) is 5.73 Å². The Labute approximate surface area is 72.7 Å². The Bertz CT molecular complexity index is 262. The third-order valence-electron chi connectivity index (χ3n) is 2.72. The van der Waals surface area contributed by atoms with Gasteiger partial charge in [0, 0.05) is 6.54 Å². The van der Waals surface area contributed by atoms with Gasteiger partial charge in [-0.1, -0.05) is 0 Å². The lowest BCUT2D eigenvalue weighted by molar-refractivity contribution is 0.137. The summed E-state index contributed by atoms with van der Waals surface area (Å²) in [5.41, 5.74) is 5.24. The first kappa shape index (κ1) is 9.95. The van der Waals surface area contributed by atoms with Crippen LogP contribution >= 0.6 is 0 Å². The number of sulfone groups is 1. The van der Waals surface area contributed by atoms with Gasteiger partial charge >= 0.3 is 0 Å². The van der Waals surface area contributed by atoms with Gasteiger partial charge in [0.05, 0.1) is 16.6 Å². The minimum absolute atomic E-state index is 0.00965. The predicted octanol–water partition coefficient (Wildman–Crippen LogP) is -0.727. The summed E-state index contributed by atoms with van der Waals surface area (Å²) in [5, 5.41) is 9.45. The molecule has 0 aromatic heterocycles. The molecular weight excluding hydrogens is 178 g/mol. The highest BCUT2D eigenvalue weighted by Crippen LogP contribution is 2.34. The first-order valence-corrected chi connectivity index (χ1v) is 5.70. The van der Waals surface area contributed by atoms with Crippen LogP contribution in [0.25, 0.3) is 0 Å². The first-order valence-electron chi connectivity index (χ1n) is 4.04. The molecule has 0 aliphatic carbocycles. The van der Waals surface area contributed by atoms with Crippen LogP contribution in [0.3, 0.4) is 0 Å². The zero-order chi connectivity index (χ0) is 9.41. The van der Waals surface area contributed by atoms with Gasteiger partial charge in [-0.2, -0.15) is 0 Å². The van der Waals surface area contributed by atoms with Gasteiger partial charge in [0.25, 0.3) is 0 Å². The Balaban J connectivity index is 2.98. The standard InChI is InChI=1S/C7H15NO3S/c1-7(6(9)5-8)3-2-4-12(7,10)11/h6,9H,2-5,8H2,1H3. The SMILES string of the molecule is CC1(C(O)CN)CCCS1(=O)=O. The molecule has 1 aliphatic heterocycles. The number of rotatable bonds is 2. The van der Waals surface area contributed by atoms with Gasteiger partial charge in [-0.15, -0.1) is 0 Å². The van der Waals surface area contributed by atoms with Crippen molar-refractivity contribution in [3.63, 3.8) is 0 Å². The van der Waals surface area contributed by atoms with E-state index in [2.05, 4.69) is 0 Å². The maximum Gasteiger partial charge on any atom is 0.158 e. The molecule has 2 unspecified atom stereocenters. The van der Waals surface area contributed by atoms with Gasteiger partial charge in [-0.25, -0.2) is 8.42 Å². The molecule has 0 bridgehead atoms. The molecular formula is C7H15NO3S. The summed E-state index contributed by atoms with van der Waals surface area (Å²) >= 11 is 0. The Morgan fingerprint density at radius 1 is 1.67 bits per heavy atom. The van der Waals surface area contributed by atoms with Crippen LogP contribution < -0.4 is 5.73 Å². The predicted molar refractivity (Wildman–Crippen MR) is 46.5 cm³/mol. The van der Waals surface area contributed by atoms with Gasteiger partial charge < -0.3 is 10.8 Å². The van der Waals surface area contributed by atoms with Crippen molar-refractivity contribution in [1.82, 2.24) is 0 Å². The van der Waals surface area contributed by atoms with Gasteiger partial charge in [-0.3, -0.25) is 0 Å². The molecule has 1 aliphatic rings. The maximum atomic E-state index is 11.5. The van der Waals surface area contributed by atoms with E-state index in [-0.39, 0.29) is 12.3 Å². The van der Waals surface area contributed by atoms with Crippen molar-refractivity contribution in [2.75, 3.05) is 12.3 Å². The number of hydrogen-bond acceptors (Lipinski definition) is 4. The van der Waals surface area contributed by atoms with E-state index in [1.54, 1.807) is 6.92 Å². The summed E-state index contributed by atoms with van der Waals surface area (Å²) in [5.74, 6) is 0.181. The fraction of sp³-hybridized carbons (Fsp3) is 1.00. The molecule has 12 heavy (non-hydrogen) atoms. The Morgan fingerprint density at radius 2 is 2.25 bits per heavy atom. The molecule has 1 fully saturated rings. The van der Waals surface area contributed by atoms with E-state index in [1.165, 1.54) is 0 Å². The minimum atomic E-state index is -3.13. The van der Waals surface area contributed by atoms with Gasteiger partial charge in [-0.05, 0) is 19.8 Å². The Kier molecular flexibility index (Phi) is 2.47. The van der Waals surface area contributed by atoms with Crippen LogP contribution in [0, 0.1) is 0 Å². The highest BCUT2D eigenvalue weighted by Gasteiger charge is 2.48. The van der Waals surface area contributed by atoms with E-state index in [1.807, 2.05) is 0 Å². The number of aliphatic hydroxyl groups is 1. The molecule has 0 amide bonds. The van der Waals surface area contributed by atoms with E-state index in [9.17, 15) is 13.5 Å². The topological polar surface area (TPSA) is 80.4 Å². The summed E-state index contributed by atoms with van der Waals surface area (Å²) in [4.78, 5) is 0. The normalized spacial score (nSPS) is 36.6. The summed E-state index contributed by atoms with van der Waals surface area (Å²) < 4.78 is 21.9. The summed E-state index contributed by atoms with van der Waals surface area (Å²) in [7, 11) is -3.13. The lowest BCUT2D eigenvalue weighted by Gasteiger charge is -2.27. The third-order valence-corrected chi connectivity index (χ3v) is 5.45. The van der Waals surface area contributed by atoms with E-state index < -0.39 is 20.7 Å². The second kappa shape index (κ2) is 2.97. The first-order chi connectivity index (χ1) is 5.44. The van der Waals surface area contributed by atoms with Gasteiger partial charge in [0.2, 0.25) is 0 Å². The lowest BCUT2D eigenvalue weighted by atomic mass is 9.99. The molecule has 2 atom stereocenters. The molecule has 4 nitrogen and oxygen atoms in total. The van der Waals surface area contributed by atoms with Gasteiger partial charge in [0.15, 0.2) is 9.84 Å². The summed E-state index contributed by atoms with van der Waals surface area (Å²) in [6.45, 7) is 1.59. The van der Waals surface area contributed by atoms with E-state index >= 15 is 0 Å². The van der Waals surface area contributed by atoms with Crippen LogP contribution in [0.5, 0.6) is 0 Å². The number of nitrogens with two attached hydrogens (primary N) is 1. The van der Waals surface area contributed by atoms with Crippen LogP contribution in [0.4, 0.5) is 0 Å². The van der Waals surface area contributed by atoms with Crippen LogP contribution in [-0.4, -0.2) is 36.7 Å². The fourth-order valence-corrected chi connectivity index (χ4v) is 3.58. The molecule has 0 spiro atoms. The minimum Gasteiger partial charge on any atom is -0.390 e. The third kappa shape index (κ3) is 1.26. The highest BCUT2D eigenvalue weighted by atomic mass is 32.2. The van der Waals surface area contributed by atoms with Crippen LogP contribution in [-0.2, 0) is 9.84 Å². The number of aliphatic hydroxyl groups excluding tert-OH is 1. The van der Waals surface area contributed by atoms with Crippen molar-refractivity contribution < 1.29 is 13.5 Å². The molecule has 0 aromatic carbocycles. The van der Waals surface area contributed by atoms with Crippen molar-refractivity contribution in [3.05, 3.63) is 0 Å². The zero-order valence-corrected chi connectivity index (χ0v) is 7.97. The van der Waals surface area contributed by atoms with Crippen molar-refractivity contribution in [1.29, 1.82) is 0 Å².